The van der Waals surface area contributed by atoms with E-state index in [4.69, 9.17) is 19.6 Å². The Labute approximate surface area is 175 Å². The molecule has 3 rings (SSSR count). The molecule has 0 amide bonds. The molecule has 1 unspecified atom stereocenters. The summed E-state index contributed by atoms with van der Waals surface area (Å²) in [6.45, 7) is 11.5. The van der Waals surface area contributed by atoms with E-state index in [1.165, 1.54) is 0 Å². The molecular weight excluding hydrogens is 410 g/mol. The number of hydrogen-bond donors (Lipinski definition) is 2. The van der Waals surface area contributed by atoms with Gasteiger partial charge in [0.2, 0.25) is 5.95 Å². The lowest BCUT2D eigenvalue weighted by molar-refractivity contribution is -0.0507. The lowest BCUT2D eigenvalue weighted by Crippen LogP contribution is -2.44. The number of nitrogens with one attached hydrogen (secondary N) is 1. The van der Waals surface area contributed by atoms with E-state index in [0.717, 1.165) is 0 Å². The van der Waals surface area contributed by atoms with E-state index in [9.17, 15) is 4.79 Å². The van der Waals surface area contributed by atoms with Crippen LogP contribution in [0.3, 0.4) is 0 Å². The summed E-state index contributed by atoms with van der Waals surface area (Å²) in [5.74, 6) is 0.627. The first kappa shape index (κ1) is 22.3. The highest BCUT2D eigenvalue weighted by atomic mass is 32.2. The van der Waals surface area contributed by atoms with Gasteiger partial charge in [-0.3, -0.25) is 14.3 Å². The Kier molecular flexibility index (Phi) is 6.44. The molecule has 162 valence electrons. The van der Waals surface area contributed by atoms with Gasteiger partial charge in [0.25, 0.3) is 5.56 Å². The van der Waals surface area contributed by atoms with Gasteiger partial charge >= 0.3 is 0 Å². The number of anilines is 1. The molecule has 3 heterocycles. The lowest BCUT2D eigenvalue weighted by Gasteiger charge is -2.37. The Hall–Kier alpha value is -1.40. The molecule has 1 aliphatic heterocycles. The zero-order valence-corrected chi connectivity index (χ0v) is 19.7. The summed E-state index contributed by atoms with van der Waals surface area (Å²) in [7, 11) is -1.91. The molecule has 3 N–H and O–H groups in total. The molecule has 9 nitrogen and oxygen atoms in total. The smallest absolute Gasteiger partial charge is 0.280 e. The topological polar surface area (TPSA) is 117 Å². The second-order valence-corrected chi connectivity index (χ2v) is 14.4. The zero-order chi connectivity index (χ0) is 21.4. The van der Waals surface area contributed by atoms with Gasteiger partial charge in [-0.25, -0.2) is 4.98 Å². The first-order valence-electron chi connectivity index (χ1n) is 9.66. The van der Waals surface area contributed by atoms with Gasteiger partial charge in [-0.1, -0.05) is 20.8 Å². The zero-order valence-electron chi connectivity index (χ0n) is 17.9. The van der Waals surface area contributed by atoms with Gasteiger partial charge in [0.15, 0.2) is 19.5 Å². The van der Waals surface area contributed by atoms with Crippen LogP contribution in [0.1, 0.15) is 33.4 Å². The van der Waals surface area contributed by atoms with Crippen LogP contribution < -0.4 is 11.3 Å². The van der Waals surface area contributed by atoms with Crippen molar-refractivity contribution in [1.82, 2.24) is 19.5 Å². The van der Waals surface area contributed by atoms with Crippen molar-refractivity contribution in [2.75, 3.05) is 24.5 Å². The summed E-state index contributed by atoms with van der Waals surface area (Å²) < 4.78 is 20.5. The molecule has 0 bridgehead atoms. The van der Waals surface area contributed by atoms with Crippen LogP contribution in [0.5, 0.6) is 0 Å². The summed E-state index contributed by atoms with van der Waals surface area (Å²) in [5, 5.41) is 0.115. The van der Waals surface area contributed by atoms with Crippen LogP contribution in [-0.2, 0) is 13.9 Å². The Bertz CT molecular complexity index is 910. The number of nitrogens with two attached hydrogens (primary N) is 1. The molecular formula is C18H31N5O4SSi. The molecule has 11 heteroatoms. The largest absolute Gasteiger partial charge is 0.414 e. The summed E-state index contributed by atoms with van der Waals surface area (Å²) in [6.07, 6.45) is 3.50. The monoisotopic (exact) mass is 441 g/mol. The van der Waals surface area contributed by atoms with E-state index >= 15 is 0 Å². The molecule has 2 aromatic heterocycles. The van der Waals surface area contributed by atoms with Gasteiger partial charge < -0.3 is 19.6 Å². The Morgan fingerprint density at radius 3 is 2.83 bits per heavy atom. The van der Waals surface area contributed by atoms with Gasteiger partial charge in [-0.15, -0.1) is 11.8 Å². The van der Waals surface area contributed by atoms with Crippen molar-refractivity contribution in [2.45, 2.75) is 63.8 Å². The normalized spacial score (nSPS) is 23.2. The number of ether oxygens (including phenoxy) is 2. The quantitative estimate of drug-likeness (QED) is 0.497. The number of imidazole rings is 1. The van der Waals surface area contributed by atoms with Gasteiger partial charge in [-0.2, -0.15) is 4.98 Å². The lowest BCUT2D eigenvalue weighted by atomic mass is 10.2. The SMILES string of the molecule is CSCOC1C[C@H](n2cnc3c(=O)[nH]c(N)nc32)O[C@@H]1CO[Si](C)(C)C(C)(C)C. The fourth-order valence-corrected chi connectivity index (χ4v) is 4.34. The number of fused-ring (bicyclic) bond motifs is 1. The molecule has 1 fully saturated rings. The van der Waals surface area contributed by atoms with Crippen LogP contribution >= 0.6 is 11.8 Å². The van der Waals surface area contributed by atoms with Crippen molar-refractivity contribution in [3.05, 3.63) is 16.7 Å². The first-order chi connectivity index (χ1) is 13.5. The van der Waals surface area contributed by atoms with Gasteiger partial charge in [-0.05, 0) is 24.4 Å². The van der Waals surface area contributed by atoms with Crippen molar-refractivity contribution in [3.8, 4) is 0 Å². The average Bonchev–Trinajstić information content (AvgIpc) is 3.21. The van der Waals surface area contributed by atoms with E-state index in [2.05, 4.69) is 48.8 Å². The Morgan fingerprint density at radius 2 is 2.17 bits per heavy atom. The minimum atomic E-state index is -1.91. The van der Waals surface area contributed by atoms with Crippen LogP contribution in [0.25, 0.3) is 11.2 Å². The number of rotatable bonds is 7. The average molecular weight is 442 g/mol. The maximum Gasteiger partial charge on any atom is 0.280 e. The summed E-state index contributed by atoms with van der Waals surface area (Å²) in [5.41, 5.74) is 6.00. The molecule has 1 saturated heterocycles. The van der Waals surface area contributed by atoms with Gasteiger partial charge in [0, 0.05) is 6.42 Å². The molecule has 0 spiro atoms. The number of aromatic amines is 1. The number of nitrogens with zero attached hydrogens (tertiary/aromatic N) is 3. The minimum Gasteiger partial charge on any atom is -0.414 e. The maximum absolute atomic E-state index is 12.1. The molecule has 0 radical (unpaired) electrons. The number of aromatic nitrogens is 4. The standard InChI is InChI=1S/C18H31N5O4SSi/c1-18(2,3)29(5,6)26-8-12-11(25-10-28-4)7-13(27-12)23-9-20-14-15(23)21-17(19)22-16(14)24/h9,11-13H,7-8,10H2,1-6H3,(H3,19,21,22,24)/t11?,12-,13-/m1/s1. The Morgan fingerprint density at radius 1 is 1.45 bits per heavy atom. The van der Waals surface area contributed by atoms with E-state index in [0.29, 0.717) is 24.6 Å². The molecule has 2 aromatic rings. The minimum absolute atomic E-state index is 0.0511. The fourth-order valence-electron chi connectivity index (χ4n) is 3.01. The molecule has 0 aromatic carbocycles. The van der Waals surface area contributed by atoms with Crippen LogP contribution in [0.2, 0.25) is 18.1 Å². The molecule has 3 atom stereocenters. The fraction of sp³-hybridized carbons (Fsp3) is 0.722. The van der Waals surface area contributed by atoms with Crippen molar-refractivity contribution < 1.29 is 13.9 Å². The van der Waals surface area contributed by atoms with Crippen molar-refractivity contribution >= 4 is 37.2 Å². The highest BCUT2D eigenvalue weighted by molar-refractivity contribution is 7.98. The van der Waals surface area contributed by atoms with Crippen LogP contribution in [0.15, 0.2) is 11.1 Å². The molecule has 1 aliphatic rings. The van der Waals surface area contributed by atoms with E-state index in [1.807, 2.05) is 6.26 Å². The molecule has 0 saturated carbocycles. The van der Waals surface area contributed by atoms with Gasteiger partial charge in [0.05, 0.1) is 25.0 Å². The second kappa shape index (κ2) is 8.38. The van der Waals surface area contributed by atoms with Gasteiger partial charge in [0.1, 0.15) is 12.3 Å². The van der Waals surface area contributed by atoms with Crippen molar-refractivity contribution in [1.29, 1.82) is 0 Å². The number of thioether (sulfide) groups is 1. The number of hydrogen-bond acceptors (Lipinski definition) is 8. The van der Waals surface area contributed by atoms with E-state index in [1.54, 1.807) is 22.7 Å². The predicted octanol–water partition coefficient (Wildman–Crippen LogP) is 2.72. The van der Waals surface area contributed by atoms with E-state index < -0.39 is 8.32 Å². The van der Waals surface area contributed by atoms with E-state index in [-0.39, 0.29) is 40.5 Å². The third kappa shape index (κ3) is 4.69. The summed E-state index contributed by atoms with van der Waals surface area (Å²) in [6, 6.07) is 0. The van der Waals surface area contributed by atoms with Crippen LogP contribution in [0, 0.1) is 0 Å². The van der Waals surface area contributed by atoms with Crippen molar-refractivity contribution in [2.24, 2.45) is 0 Å². The van der Waals surface area contributed by atoms with Crippen molar-refractivity contribution in [3.63, 3.8) is 0 Å². The van der Waals surface area contributed by atoms with Crippen LogP contribution in [-0.4, -0.2) is 58.8 Å². The van der Waals surface area contributed by atoms with Crippen LogP contribution in [0.4, 0.5) is 5.95 Å². The predicted molar refractivity (Wildman–Crippen MR) is 117 cm³/mol. The highest BCUT2D eigenvalue weighted by Gasteiger charge is 2.42. The highest BCUT2D eigenvalue weighted by Crippen LogP contribution is 2.38. The molecule has 0 aliphatic carbocycles. The third-order valence-electron chi connectivity index (χ3n) is 5.76. The second-order valence-electron chi connectivity index (χ2n) is 8.82. The third-order valence-corrected chi connectivity index (χ3v) is 10.6. The number of nitrogen functional groups attached to an aromatic ring is 1. The summed E-state index contributed by atoms with van der Waals surface area (Å²) >= 11 is 1.62. The number of H-pyrrole nitrogens is 1. The molecule has 29 heavy (non-hydrogen) atoms. The first-order valence-corrected chi connectivity index (χ1v) is 14.0. The Balaban J connectivity index is 1.81. The maximum atomic E-state index is 12.1. The summed E-state index contributed by atoms with van der Waals surface area (Å²) in [4.78, 5) is 23.0.